The van der Waals surface area contributed by atoms with E-state index in [2.05, 4.69) is 49.0 Å². The summed E-state index contributed by atoms with van der Waals surface area (Å²) in [5.41, 5.74) is 1.33. The summed E-state index contributed by atoms with van der Waals surface area (Å²) in [5, 5.41) is 2.68. The van der Waals surface area contributed by atoms with E-state index in [1.54, 1.807) is 0 Å². The van der Waals surface area contributed by atoms with Gasteiger partial charge in [-0.2, -0.15) is 0 Å². The van der Waals surface area contributed by atoms with Crippen LogP contribution < -0.4 is 0 Å². The smallest absolute Gasteiger partial charge is 0.0191 e. The van der Waals surface area contributed by atoms with Gasteiger partial charge in [0.2, 0.25) is 0 Å². The van der Waals surface area contributed by atoms with Crippen molar-refractivity contribution in [2.75, 3.05) is 0 Å². The van der Waals surface area contributed by atoms with Crippen molar-refractivity contribution >= 4 is 10.8 Å². The Labute approximate surface area is 72.6 Å². The van der Waals surface area contributed by atoms with Crippen LogP contribution >= 0.6 is 0 Å². The van der Waals surface area contributed by atoms with E-state index in [0.717, 1.165) is 6.54 Å². The quantitative estimate of drug-likeness (QED) is 0.603. The SMILES string of the molecule is CCn1cc2ccc(C)cc2c1. The van der Waals surface area contributed by atoms with Crippen LogP contribution in [-0.4, -0.2) is 4.57 Å². The summed E-state index contributed by atoms with van der Waals surface area (Å²) in [6.07, 6.45) is 4.39. The summed E-state index contributed by atoms with van der Waals surface area (Å²) >= 11 is 0. The first-order valence-corrected chi connectivity index (χ1v) is 4.36. The molecule has 0 aliphatic carbocycles. The second-order valence-electron chi connectivity index (χ2n) is 3.22. The highest BCUT2D eigenvalue weighted by molar-refractivity contribution is 5.82. The van der Waals surface area contributed by atoms with E-state index in [1.165, 1.54) is 16.3 Å². The standard InChI is InChI=1S/C11H13N/c1-3-12-7-10-5-4-9(2)6-11(10)8-12/h4-8H,3H2,1-2H3. The van der Waals surface area contributed by atoms with Crippen molar-refractivity contribution in [3.63, 3.8) is 0 Å². The Kier molecular flexibility index (Phi) is 1.65. The maximum atomic E-state index is 2.22. The monoisotopic (exact) mass is 159 g/mol. The highest BCUT2D eigenvalue weighted by Gasteiger charge is 1.96. The van der Waals surface area contributed by atoms with Gasteiger partial charge >= 0.3 is 0 Å². The van der Waals surface area contributed by atoms with Gasteiger partial charge in [-0.05, 0) is 30.7 Å². The average Bonchev–Trinajstić information content (AvgIpc) is 2.46. The Hall–Kier alpha value is -1.24. The Morgan fingerprint density at radius 3 is 2.67 bits per heavy atom. The Balaban J connectivity index is 2.67. The molecule has 0 unspecified atom stereocenters. The van der Waals surface area contributed by atoms with Crippen LogP contribution in [0.1, 0.15) is 12.5 Å². The molecule has 0 saturated carbocycles. The van der Waals surface area contributed by atoms with Crippen LogP contribution in [0.15, 0.2) is 30.6 Å². The van der Waals surface area contributed by atoms with Crippen LogP contribution in [0, 0.1) is 6.92 Å². The Morgan fingerprint density at radius 1 is 1.17 bits per heavy atom. The predicted molar refractivity (Wildman–Crippen MR) is 52.3 cm³/mol. The fraction of sp³-hybridized carbons (Fsp3) is 0.273. The van der Waals surface area contributed by atoms with Crippen molar-refractivity contribution in [3.8, 4) is 0 Å². The third-order valence-corrected chi connectivity index (χ3v) is 2.22. The number of hydrogen-bond acceptors (Lipinski definition) is 0. The molecule has 1 aromatic heterocycles. The van der Waals surface area contributed by atoms with Crippen molar-refractivity contribution in [2.24, 2.45) is 0 Å². The third kappa shape index (κ3) is 1.11. The molecule has 0 saturated heterocycles. The van der Waals surface area contributed by atoms with Gasteiger partial charge in [-0.1, -0.05) is 17.7 Å². The summed E-state index contributed by atoms with van der Waals surface area (Å²) in [5.74, 6) is 0. The minimum atomic E-state index is 1.05. The summed E-state index contributed by atoms with van der Waals surface area (Å²) in [7, 11) is 0. The molecule has 0 fully saturated rings. The predicted octanol–water partition coefficient (Wildman–Crippen LogP) is 2.97. The van der Waals surface area contributed by atoms with Gasteiger partial charge in [0.05, 0.1) is 0 Å². The Bertz CT molecular complexity index is 398. The van der Waals surface area contributed by atoms with Crippen LogP contribution in [0.5, 0.6) is 0 Å². The van der Waals surface area contributed by atoms with Crippen molar-refractivity contribution in [1.82, 2.24) is 4.57 Å². The molecule has 1 nitrogen and oxygen atoms in total. The number of hydrogen-bond donors (Lipinski definition) is 0. The minimum Gasteiger partial charge on any atom is -0.353 e. The van der Waals surface area contributed by atoms with E-state index in [-0.39, 0.29) is 0 Å². The molecule has 0 aliphatic rings. The topological polar surface area (TPSA) is 4.93 Å². The molecule has 0 amide bonds. The molecule has 1 heteroatoms. The maximum absolute atomic E-state index is 2.22. The van der Waals surface area contributed by atoms with Gasteiger partial charge in [0.1, 0.15) is 0 Å². The van der Waals surface area contributed by atoms with Crippen molar-refractivity contribution < 1.29 is 0 Å². The first-order valence-electron chi connectivity index (χ1n) is 4.36. The van der Waals surface area contributed by atoms with Crippen LogP contribution in [0.2, 0.25) is 0 Å². The largest absolute Gasteiger partial charge is 0.353 e. The molecule has 0 N–H and O–H groups in total. The van der Waals surface area contributed by atoms with Gasteiger partial charge in [0, 0.05) is 18.9 Å². The highest BCUT2D eigenvalue weighted by Crippen LogP contribution is 2.16. The molecular formula is C11H13N. The van der Waals surface area contributed by atoms with E-state index >= 15 is 0 Å². The van der Waals surface area contributed by atoms with Crippen LogP contribution in [-0.2, 0) is 6.54 Å². The van der Waals surface area contributed by atoms with Gasteiger partial charge in [0.25, 0.3) is 0 Å². The van der Waals surface area contributed by atoms with Crippen LogP contribution in [0.4, 0.5) is 0 Å². The summed E-state index contributed by atoms with van der Waals surface area (Å²) in [6.45, 7) is 5.34. The van der Waals surface area contributed by atoms with E-state index in [1.807, 2.05) is 0 Å². The molecule has 0 atom stereocenters. The lowest BCUT2D eigenvalue weighted by molar-refractivity contribution is 0.773. The summed E-state index contributed by atoms with van der Waals surface area (Å²) in [4.78, 5) is 0. The molecule has 0 radical (unpaired) electrons. The number of aryl methyl sites for hydroxylation is 2. The number of nitrogens with zero attached hydrogens (tertiary/aromatic N) is 1. The molecule has 12 heavy (non-hydrogen) atoms. The van der Waals surface area contributed by atoms with Gasteiger partial charge in [-0.15, -0.1) is 0 Å². The highest BCUT2D eigenvalue weighted by atomic mass is 14.9. The van der Waals surface area contributed by atoms with E-state index in [0.29, 0.717) is 0 Å². The van der Waals surface area contributed by atoms with Crippen molar-refractivity contribution in [1.29, 1.82) is 0 Å². The molecule has 62 valence electrons. The van der Waals surface area contributed by atoms with Crippen molar-refractivity contribution in [3.05, 3.63) is 36.2 Å². The number of rotatable bonds is 1. The zero-order valence-corrected chi connectivity index (χ0v) is 7.54. The zero-order chi connectivity index (χ0) is 8.55. The molecule has 2 aromatic rings. The fourth-order valence-electron chi connectivity index (χ4n) is 1.50. The van der Waals surface area contributed by atoms with Gasteiger partial charge in [-0.3, -0.25) is 0 Å². The molecule has 2 rings (SSSR count). The van der Waals surface area contributed by atoms with Gasteiger partial charge in [0.15, 0.2) is 0 Å². The van der Waals surface area contributed by atoms with Crippen molar-refractivity contribution in [2.45, 2.75) is 20.4 Å². The molecular weight excluding hydrogens is 146 g/mol. The van der Waals surface area contributed by atoms with Gasteiger partial charge in [-0.25, -0.2) is 0 Å². The second kappa shape index (κ2) is 2.67. The first kappa shape index (κ1) is 7.41. The number of fused-ring (bicyclic) bond motifs is 1. The van der Waals surface area contributed by atoms with E-state index in [9.17, 15) is 0 Å². The van der Waals surface area contributed by atoms with Crippen LogP contribution in [0.3, 0.4) is 0 Å². The zero-order valence-electron chi connectivity index (χ0n) is 7.54. The molecule has 1 aromatic carbocycles. The Morgan fingerprint density at radius 2 is 1.92 bits per heavy atom. The second-order valence-corrected chi connectivity index (χ2v) is 3.22. The minimum absolute atomic E-state index is 1.05. The molecule has 0 aliphatic heterocycles. The average molecular weight is 159 g/mol. The number of aromatic nitrogens is 1. The lowest BCUT2D eigenvalue weighted by Crippen LogP contribution is -1.85. The molecule has 0 spiro atoms. The van der Waals surface area contributed by atoms with E-state index in [4.69, 9.17) is 0 Å². The first-order chi connectivity index (χ1) is 5.79. The lowest BCUT2D eigenvalue weighted by Gasteiger charge is -1.90. The lowest BCUT2D eigenvalue weighted by atomic mass is 10.1. The molecule has 0 bridgehead atoms. The maximum Gasteiger partial charge on any atom is 0.0191 e. The van der Waals surface area contributed by atoms with Gasteiger partial charge < -0.3 is 4.57 Å². The summed E-state index contributed by atoms with van der Waals surface area (Å²) in [6, 6.07) is 6.56. The van der Waals surface area contributed by atoms with Crippen LogP contribution in [0.25, 0.3) is 10.8 Å². The van der Waals surface area contributed by atoms with E-state index < -0.39 is 0 Å². The normalized spacial score (nSPS) is 10.8. The third-order valence-electron chi connectivity index (χ3n) is 2.22. The summed E-state index contributed by atoms with van der Waals surface area (Å²) < 4.78 is 2.21. The fourth-order valence-corrected chi connectivity index (χ4v) is 1.50. The number of benzene rings is 1. The molecule has 1 heterocycles.